The van der Waals surface area contributed by atoms with Gasteiger partial charge in [-0.25, -0.2) is 0 Å². The summed E-state index contributed by atoms with van der Waals surface area (Å²) in [5.41, 5.74) is 2.68. The van der Waals surface area contributed by atoms with Crippen molar-refractivity contribution >= 4 is 15.9 Å². The lowest BCUT2D eigenvalue weighted by molar-refractivity contribution is 0.248. The van der Waals surface area contributed by atoms with Crippen LogP contribution in [0.1, 0.15) is 30.9 Å². The monoisotopic (exact) mass is 338 g/mol. The van der Waals surface area contributed by atoms with Crippen molar-refractivity contribution in [3.8, 4) is 5.75 Å². The Morgan fingerprint density at radius 1 is 1.45 bits per heavy atom. The number of hydrogen-bond acceptors (Lipinski definition) is 3. The highest BCUT2D eigenvalue weighted by Gasteiger charge is 2.21. The molecular weight excluding hydrogens is 316 g/mol. The first-order valence-corrected chi connectivity index (χ1v) is 8.45. The number of hydrogen-bond donors (Lipinski definition) is 1. The molecule has 1 saturated heterocycles. The Morgan fingerprint density at radius 2 is 2.35 bits per heavy atom. The largest absolute Gasteiger partial charge is 0.493 e. The molecule has 0 aromatic heterocycles. The van der Waals surface area contributed by atoms with Crippen LogP contribution in [0.2, 0.25) is 0 Å². The van der Waals surface area contributed by atoms with E-state index in [0.717, 1.165) is 38.4 Å². The van der Waals surface area contributed by atoms with Crippen LogP contribution in [0.5, 0.6) is 5.75 Å². The molecule has 1 unspecified atom stereocenters. The molecule has 0 amide bonds. The van der Waals surface area contributed by atoms with Crippen molar-refractivity contribution < 1.29 is 4.74 Å². The number of benzene rings is 1. The number of rotatable bonds is 5. The van der Waals surface area contributed by atoms with Gasteiger partial charge in [0.15, 0.2) is 0 Å². The molecule has 3 rings (SSSR count). The third kappa shape index (κ3) is 3.18. The van der Waals surface area contributed by atoms with Gasteiger partial charge < -0.3 is 10.1 Å². The zero-order chi connectivity index (χ0) is 13.9. The molecule has 110 valence electrons. The van der Waals surface area contributed by atoms with E-state index in [0.29, 0.717) is 6.04 Å². The Morgan fingerprint density at radius 3 is 3.10 bits per heavy atom. The van der Waals surface area contributed by atoms with Crippen LogP contribution < -0.4 is 10.1 Å². The lowest BCUT2D eigenvalue weighted by Crippen LogP contribution is -2.37. The molecule has 1 N–H and O–H groups in total. The summed E-state index contributed by atoms with van der Waals surface area (Å²) in [5, 5.41) is 3.59. The highest BCUT2D eigenvalue weighted by atomic mass is 79.9. The van der Waals surface area contributed by atoms with Gasteiger partial charge in [0.2, 0.25) is 0 Å². The smallest absolute Gasteiger partial charge is 0.127 e. The summed E-state index contributed by atoms with van der Waals surface area (Å²) in [5.74, 6) is 1.13. The number of ether oxygens (including phenoxy) is 1. The summed E-state index contributed by atoms with van der Waals surface area (Å²) >= 11 is 3.63. The molecule has 0 bridgehead atoms. The third-order valence-corrected chi connectivity index (χ3v) is 4.77. The normalized spacial score (nSPS) is 21.2. The summed E-state index contributed by atoms with van der Waals surface area (Å²) in [6.07, 6.45) is 3.67. The second-order valence-corrected chi connectivity index (χ2v) is 6.69. The number of nitrogens with one attached hydrogen (secondary N) is 1. The average molecular weight is 339 g/mol. The van der Waals surface area contributed by atoms with Crippen molar-refractivity contribution in [2.45, 2.75) is 38.8 Å². The Bertz CT molecular complexity index is 472. The van der Waals surface area contributed by atoms with Crippen molar-refractivity contribution in [3.63, 3.8) is 0 Å². The topological polar surface area (TPSA) is 24.5 Å². The molecule has 2 aliphatic rings. The van der Waals surface area contributed by atoms with Gasteiger partial charge >= 0.3 is 0 Å². The Labute approximate surface area is 129 Å². The van der Waals surface area contributed by atoms with Crippen LogP contribution in [-0.2, 0) is 13.0 Å². The van der Waals surface area contributed by atoms with Crippen molar-refractivity contribution in [3.05, 3.63) is 27.7 Å². The molecule has 1 atom stereocenters. The Kier molecular flexibility index (Phi) is 4.64. The minimum Gasteiger partial charge on any atom is -0.493 e. The SMILES string of the molecule is CCN(Cc1cc(Br)cc2c1OCC2)CC1CCCN1. The lowest BCUT2D eigenvalue weighted by atomic mass is 10.1. The average Bonchev–Trinajstić information content (AvgIpc) is 3.08. The van der Waals surface area contributed by atoms with Gasteiger partial charge in [-0.05, 0) is 43.6 Å². The summed E-state index contributed by atoms with van der Waals surface area (Å²) in [6, 6.07) is 5.08. The fourth-order valence-corrected chi connectivity index (χ4v) is 3.79. The van der Waals surface area contributed by atoms with Crippen LogP contribution in [-0.4, -0.2) is 37.2 Å². The molecule has 0 saturated carbocycles. The maximum Gasteiger partial charge on any atom is 0.127 e. The van der Waals surface area contributed by atoms with E-state index in [1.807, 2.05) is 0 Å². The van der Waals surface area contributed by atoms with Gasteiger partial charge in [-0.1, -0.05) is 22.9 Å². The van der Waals surface area contributed by atoms with Crippen LogP contribution in [0.3, 0.4) is 0 Å². The molecule has 1 fully saturated rings. The second-order valence-electron chi connectivity index (χ2n) is 5.77. The van der Waals surface area contributed by atoms with E-state index in [4.69, 9.17) is 4.74 Å². The van der Waals surface area contributed by atoms with Gasteiger partial charge in [-0.2, -0.15) is 0 Å². The molecule has 1 aromatic carbocycles. The number of likely N-dealkylation sites (N-methyl/N-ethyl adjacent to an activating group) is 1. The van der Waals surface area contributed by atoms with Gasteiger partial charge in [-0.15, -0.1) is 0 Å². The fraction of sp³-hybridized carbons (Fsp3) is 0.625. The predicted octanol–water partition coefficient (Wildman–Crippen LogP) is 2.96. The zero-order valence-corrected chi connectivity index (χ0v) is 13.7. The maximum atomic E-state index is 5.84. The summed E-state index contributed by atoms with van der Waals surface area (Å²) in [6.45, 7) is 7.45. The molecule has 2 heterocycles. The standard InChI is InChI=1S/C16H23BrN2O/c1-2-19(11-15-4-3-6-18-15)10-13-9-14(17)8-12-5-7-20-16(12)13/h8-9,15,18H,2-7,10-11H2,1H3. The molecule has 2 aliphatic heterocycles. The first kappa shape index (κ1) is 14.4. The minimum absolute atomic E-state index is 0.663. The number of nitrogens with zero attached hydrogens (tertiary/aromatic N) is 1. The zero-order valence-electron chi connectivity index (χ0n) is 12.1. The number of halogens is 1. The van der Waals surface area contributed by atoms with E-state index >= 15 is 0 Å². The summed E-state index contributed by atoms with van der Waals surface area (Å²) < 4.78 is 7.01. The number of fused-ring (bicyclic) bond motifs is 1. The molecular formula is C16H23BrN2O. The molecule has 0 spiro atoms. The second kappa shape index (κ2) is 6.46. The minimum atomic E-state index is 0.663. The highest BCUT2D eigenvalue weighted by Crippen LogP contribution is 2.33. The van der Waals surface area contributed by atoms with Gasteiger partial charge in [0.25, 0.3) is 0 Å². The van der Waals surface area contributed by atoms with Gasteiger partial charge in [0.1, 0.15) is 5.75 Å². The molecule has 3 nitrogen and oxygen atoms in total. The summed E-state index contributed by atoms with van der Waals surface area (Å²) in [7, 11) is 0. The molecule has 0 aliphatic carbocycles. The van der Waals surface area contributed by atoms with Gasteiger partial charge in [0.05, 0.1) is 6.61 Å². The third-order valence-electron chi connectivity index (χ3n) is 4.31. The van der Waals surface area contributed by atoms with Crippen molar-refractivity contribution in [2.24, 2.45) is 0 Å². The highest BCUT2D eigenvalue weighted by molar-refractivity contribution is 9.10. The van der Waals surface area contributed by atoms with Crippen molar-refractivity contribution in [1.29, 1.82) is 0 Å². The van der Waals surface area contributed by atoms with E-state index in [-0.39, 0.29) is 0 Å². The van der Waals surface area contributed by atoms with E-state index in [1.165, 1.54) is 35.0 Å². The Balaban J connectivity index is 1.72. The predicted molar refractivity (Wildman–Crippen MR) is 85.3 cm³/mol. The lowest BCUT2D eigenvalue weighted by Gasteiger charge is -2.25. The quantitative estimate of drug-likeness (QED) is 0.893. The van der Waals surface area contributed by atoms with Crippen molar-refractivity contribution in [1.82, 2.24) is 10.2 Å². The van der Waals surface area contributed by atoms with Crippen LogP contribution in [0.4, 0.5) is 0 Å². The van der Waals surface area contributed by atoms with Gasteiger partial charge in [0, 0.05) is 35.6 Å². The van der Waals surface area contributed by atoms with E-state index in [1.54, 1.807) is 0 Å². The molecule has 0 radical (unpaired) electrons. The van der Waals surface area contributed by atoms with Crippen LogP contribution >= 0.6 is 15.9 Å². The van der Waals surface area contributed by atoms with Crippen LogP contribution in [0, 0.1) is 0 Å². The Hall–Kier alpha value is -0.580. The first-order valence-electron chi connectivity index (χ1n) is 7.66. The van der Waals surface area contributed by atoms with E-state index < -0.39 is 0 Å². The molecule has 4 heteroatoms. The van der Waals surface area contributed by atoms with Crippen molar-refractivity contribution in [2.75, 3.05) is 26.2 Å². The van der Waals surface area contributed by atoms with Gasteiger partial charge in [-0.3, -0.25) is 4.90 Å². The van der Waals surface area contributed by atoms with E-state index in [9.17, 15) is 0 Å². The summed E-state index contributed by atoms with van der Waals surface area (Å²) in [4.78, 5) is 2.52. The van der Waals surface area contributed by atoms with Crippen LogP contribution in [0.25, 0.3) is 0 Å². The fourth-order valence-electron chi connectivity index (χ4n) is 3.23. The molecule has 20 heavy (non-hydrogen) atoms. The van der Waals surface area contributed by atoms with E-state index in [2.05, 4.69) is 45.2 Å². The van der Waals surface area contributed by atoms with Crippen LogP contribution in [0.15, 0.2) is 16.6 Å². The maximum absolute atomic E-state index is 5.84. The molecule has 1 aromatic rings. The first-order chi connectivity index (χ1) is 9.76.